The first-order valence-electron chi connectivity index (χ1n) is 10.5. The summed E-state index contributed by atoms with van der Waals surface area (Å²) in [7, 11) is 0. The van der Waals surface area contributed by atoms with Crippen LogP contribution >= 0.6 is 0 Å². The van der Waals surface area contributed by atoms with Crippen LogP contribution in [0.1, 0.15) is 36.0 Å². The summed E-state index contributed by atoms with van der Waals surface area (Å²) in [6.07, 6.45) is 1.60. The van der Waals surface area contributed by atoms with E-state index in [0.29, 0.717) is 18.6 Å². The molecule has 1 saturated heterocycles. The lowest BCUT2D eigenvalue weighted by molar-refractivity contribution is -0.119. The molecular formula is C24H28N4O2. The second-order valence-corrected chi connectivity index (χ2v) is 8.22. The quantitative estimate of drug-likeness (QED) is 0.832. The van der Waals surface area contributed by atoms with Crippen molar-refractivity contribution in [2.75, 3.05) is 18.1 Å². The summed E-state index contributed by atoms with van der Waals surface area (Å²) in [5.74, 6) is -0.237. The van der Waals surface area contributed by atoms with Gasteiger partial charge in [-0.05, 0) is 43.0 Å². The Labute approximate surface area is 177 Å². The maximum Gasteiger partial charge on any atom is 0.267 e. The first kappa shape index (κ1) is 20.3. The Morgan fingerprint density at radius 2 is 1.93 bits per heavy atom. The van der Waals surface area contributed by atoms with Crippen LogP contribution in [0.4, 0.5) is 5.69 Å². The Morgan fingerprint density at radius 3 is 2.73 bits per heavy atom. The van der Waals surface area contributed by atoms with E-state index in [2.05, 4.69) is 39.6 Å². The number of aryl methyl sites for hydroxylation is 2. The van der Waals surface area contributed by atoms with Gasteiger partial charge in [-0.15, -0.1) is 0 Å². The Balaban J connectivity index is 1.40. The molecule has 2 aromatic rings. The number of rotatable bonds is 5. The Kier molecular flexibility index (Phi) is 5.95. The van der Waals surface area contributed by atoms with Crippen molar-refractivity contribution < 1.29 is 9.59 Å². The van der Waals surface area contributed by atoms with E-state index in [1.54, 1.807) is 0 Å². The number of likely N-dealkylation sites (tertiary alicyclic amines) is 1. The molecule has 6 nitrogen and oxygen atoms in total. The van der Waals surface area contributed by atoms with Crippen LogP contribution in [0, 0.1) is 13.8 Å². The van der Waals surface area contributed by atoms with Crippen molar-refractivity contribution in [2.24, 2.45) is 5.10 Å². The summed E-state index contributed by atoms with van der Waals surface area (Å²) < 4.78 is 0. The molecule has 6 heteroatoms. The number of carbonyl (C=O) groups is 2. The van der Waals surface area contributed by atoms with Crippen LogP contribution in [0.25, 0.3) is 0 Å². The number of hydrogen-bond donors (Lipinski definition) is 1. The number of benzene rings is 2. The van der Waals surface area contributed by atoms with E-state index in [1.807, 2.05) is 38.1 Å². The minimum absolute atomic E-state index is 0.0739. The summed E-state index contributed by atoms with van der Waals surface area (Å²) in [5.41, 5.74) is 4.48. The van der Waals surface area contributed by atoms with E-state index in [-0.39, 0.29) is 17.9 Å². The first-order valence-corrected chi connectivity index (χ1v) is 10.5. The van der Waals surface area contributed by atoms with Gasteiger partial charge >= 0.3 is 0 Å². The van der Waals surface area contributed by atoms with Crippen molar-refractivity contribution in [2.45, 2.75) is 45.7 Å². The molecule has 0 radical (unpaired) electrons. The third-order valence-corrected chi connectivity index (χ3v) is 5.74. The summed E-state index contributed by atoms with van der Waals surface area (Å²) in [6, 6.07) is 16.4. The van der Waals surface area contributed by atoms with Gasteiger partial charge in [-0.3, -0.25) is 14.5 Å². The normalized spacial score (nSPS) is 19.7. The molecule has 0 aliphatic carbocycles. The molecule has 0 saturated carbocycles. The molecule has 2 aromatic carbocycles. The van der Waals surface area contributed by atoms with Crippen molar-refractivity contribution in [1.29, 1.82) is 0 Å². The van der Waals surface area contributed by atoms with E-state index in [9.17, 15) is 9.59 Å². The van der Waals surface area contributed by atoms with Crippen molar-refractivity contribution in [1.82, 2.24) is 10.2 Å². The zero-order valence-corrected chi connectivity index (χ0v) is 17.6. The zero-order valence-electron chi connectivity index (χ0n) is 17.6. The predicted octanol–water partition coefficient (Wildman–Crippen LogP) is 3.18. The topological polar surface area (TPSA) is 65.0 Å². The van der Waals surface area contributed by atoms with Crippen LogP contribution in [-0.4, -0.2) is 41.6 Å². The number of anilines is 1. The highest BCUT2D eigenvalue weighted by Gasteiger charge is 2.29. The summed E-state index contributed by atoms with van der Waals surface area (Å²) in [5, 5.41) is 8.97. The highest BCUT2D eigenvalue weighted by atomic mass is 16.2. The molecule has 2 heterocycles. The second-order valence-electron chi connectivity index (χ2n) is 8.22. The van der Waals surface area contributed by atoms with E-state index in [4.69, 9.17) is 0 Å². The Bertz CT molecular complexity index is 970. The number of hydrazone groups is 1. The number of nitrogens with zero attached hydrogens (tertiary/aromatic N) is 3. The van der Waals surface area contributed by atoms with Crippen LogP contribution in [-0.2, 0) is 16.1 Å². The molecule has 0 aromatic heterocycles. The van der Waals surface area contributed by atoms with Crippen molar-refractivity contribution in [3.8, 4) is 0 Å². The third-order valence-electron chi connectivity index (χ3n) is 5.74. The fraction of sp³-hybridized carbons (Fsp3) is 0.375. The number of hydrogen-bond acceptors (Lipinski definition) is 4. The summed E-state index contributed by atoms with van der Waals surface area (Å²) in [4.78, 5) is 27.7. The molecule has 1 fully saturated rings. The number of amides is 2. The van der Waals surface area contributed by atoms with Gasteiger partial charge < -0.3 is 5.32 Å². The van der Waals surface area contributed by atoms with Crippen LogP contribution in [0.15, 0.2) is 53.6 Å². The number of nitrogens with one attached hydrogen (secondary N) is 1. The van der Waals surface area contributed by atoms with Crippen LogP contribution in [0.3, 0.4) is 0 Å². The van der Waals surface area contributed by atoms with Crippen molar-refractivity contribution in [3.63, 3.8) is 0 Å². The molecule has 4 rings (SSSR count). The largest absolute Gasteiger partial charge is 0.347 e. The van der Waals surface area contributed by atoms with Gasteiger partial charge in [-0.25, -0.2) is 5.01 Å². The van der Waals surface area contributed by atoms with Crippen molar-refractivity contribution >= 4 is 23.2 Å². The fourth-order valence-electron chi connectivity index (χ4n) is 4.06. The summed E-state index contributed by atoms with van der Waals surface area (Å²) >= 11 is 0. The fourth-order valence-corrected chi connectivity index (χ4v) is 4.06. The molecule has 0 spiro atoms. The highest BCUT2D eigenvalue weighted by Crippen LogP contribution is 2.25. The molecule has 2 aliphatic heterocycles. The monoisotopic (exact) mass is 404 g/mol. The van der Waals surface area contributed by atoms with Crippen LogP contribution < -0.4 is 10.3 Å². The maximum atomic E-state index is 12.9. The summed E-state index contributed by atoms with van der Waals surface area (Å²) in [6.45, 7) is 6.61. The van der Waals surface area contributed by atoms with Gasteiger partial charge in [0.05, 0.1) is 5.69 Å². The van der Waals surface area contributed by atoms with Gasteiger partial charge in [0.2, 0.25) is 5.91 Å². The molecule has 156 valence electrons. The SMILES string of the molecule is Cc1ccc(C)c(N2N=C(C(=O)NC3CCN(Cc4ccccc4)C3)CCC2=O)c1. The van der Waals surface area contributed by atoms with Gasteiger partial charge in [0.1, 0.15) is 5.71 Å². The molecule has 1 N–H and O–H groups in total. The molecule has 30 heavy (non-hydrogen) atoms. The second kappa shape index (κ2) is 8.79. The zero-order chi connectivity index (χ0) is 21.1. The van der Waals surface area contributed by atoms with E-state index >= 15 is 0 Å². The third kappa shape index (κ3) is 4.60. The lowest BCUT2D eigenvalue weighted by atomic mass is 10.1. The minimum atomic E-state index is -0.163. The van der Waals surface area contributed by atoms with Crippen molar-refractivity contribution in [3.05, 3.63) is 65.2 Å². The Morgan fingerprint density at radius 1 is 1.13 bits per heavy atom. The molecule has 1 unspecified atom stereocenters. The van der Waals surface area contributed by atoms with Gasteiger partial charge in [0.25, 0.3) is 5.91 Å². The standard InChI is InChI=1S/C24H28N4O2/c1-17-8-9-18(2)22(14-17)28-23(29)11-10-21(26-28)24(30)25-20-12-13-27(16-20)15-19-6-4-3-5-7-19/h3-9,14,20H,10-13,15-16H2,1-2H3,(H,25,30). The number of carbonyl (C=O) groups excluding carboxylic acids is 2. The van der Waals surface area contributed by atoms with Gasteiger partial charge in [-0.1, -0.05) is 42.5 Å². The lowest BCUT2D eigenvalue weighted by Gasteiger charge is -2.25. The maximum absolute atomic E-state index is 12.9. The van der Waals surface area contributed by atoms with Gasteiger partial charge in [0, 0.05) is 38.5 Å². The van der Waals surface area contributed by atoms with E-state index in [1.165, 1.54) is 10.6 Å². The van der Waals surface area contributed by atoms with Crippen LogP contribution in [0.2, 0.25) is 0 Å². The average Bonchev–Trinajstić information content (AvgIpc) is 3.17. The Hall–Kier alpha value is -2.99. The predicted molar refractivity (Wildman–Crippen MR) is 118 cm³/mol. The van der Waals surface area contributed by atoms with Gasteiger partial charge in [0.15, 0.2) is 0 Å². The molecule has 2 amide bonds. The lowest BCUT2D eigenvalue weighted by Crippen LogP contribution is -2.44. The molecule has 1 atom stereocenters. The van der Waals surface area contributed by atoms with Crippen LogP contribution in [0.5, 0.6) is 0 Å². The highest BCUT2D eigenvalue weighted by molar-refractivity contribution is 6.40. The minimum Gasteiger partial charge on any atom is -0.347 e. The van der Waals surface area contributed by atoms with E-state index < -0.39 is 0 Å². The smallest absolute Gasteiger partial charge is 0.267 e. The van der Waals surface area contributed by atoms with E-state index in [0.717, 1.165) is 42.9 Å². The molecular weight excluding hydrogens is 376 g/mol. The molecule has 2 aliphatic rings. The first-order chi connectivity index (χ1) is 14.5. The molecule has 0 bridgehead atoms. The average molecular weight is 405 g/mol. The van der Waals surface area contributed by atoms with Gasteiger partial charge in [-0.2, -0.15) is 5.10 Å².